The molecule has 1 saturated heterocycles. The summed E-state index contributed by atoms with van der Waals surface area (Å²) in [5, 5.41) is 6.78. The smallest absolute Gasteiger partial charge is 0.223 e. The highest BCUT2D eigenvalue weighted by Crippen LogP contribution is 2.24. The van der Waals surface area contributed by atoms with Crippen molar-refractivity contribution in [3.05, 3.63) is 12.2 Å². The van der Waals surface area contributed by atoms with Crippen molar-refractivity contribution in [2.75, 3.05) is 25.1 Å². The van der Waals surface area contributed by atoms with Crippen molar-refractivity contribution < 1.29 is 4.79 Å². The number of nitrogens with one attached hydrogen (secondary N) is 1. The Kier molecular flexibility index (Phi) is 4.42. The van der Waals surface area contributed by atoms with Crippen LogP contribution in [0.15, 0.2) is 6.33 Å². The average molecular weight is 254 g/mol. The SMILES string of the molecule is CSCCC(=O)N1CCC[C@@H](c2ncn[nH]2)C1. The van der Waals surface area contributed by atoms with Gasteiger partial charge in [0.05, 0.1) is 0 Å². The molecule has 1 fully saturated rings. The van der Waals surface area contributed by atoms with Crippen molar-refractivity contribution >= 4 is 17.7 Å². The first-order valence-corrected chi connectivity index (χ1v) is 7.32. The molecule has 0 saturated carbocycles. The van der Waals surface area contributed by atoms with Crippen molar-refractivity contribution in [1.82, 2.24) is 20.1 Å². The zero-order chi connectivity index (χ0) is 12.1. The zero-order valence-corrected chi connectivity index (χ0v) is 10.9. The van der Waals surface area contributed by atoms with E-state index in [4.69, 9.17) is 0 Å². The van der Waals surface area contributed by atoms with E-state index in [1.807, 2.05) is 11.2 Å². The van der Waals surface area contributed by atoms with Crippen LogP contribution >= 0.6 is 11.8 Å². The Morgan fingerprint density at radius 1 is 1.71 bits per heavy atom. The quantitative estimate of drug-likeness (QED) is 0.879. The Morgan fingerprint density at radius 3 is 3.29 bits per heavy atom. The molecule has 0 unspecified atom stereocenters. The summed E-state index contributed by atoms with van der Waals surface area (Å²) in [6.07, 6.45) is 6.34. The van der Waals surface area contributed by atoms with E-state index in [-0.39, 0.29) is 5.91 Å². The van der Waals surface area contributed by atoms with Crippen LogP contribution in [0.5, 0.6) is 0 Å². The fraction of sp³-hybridized carbons (Fsp3) is 0.727. The third-order valence-corrected chi connectivity index (χ3v) is 3.73. The van der Waals surface area contributed by atoms with E-state index in [2.05, 4.69) is 15.2 Å². The average Bonchev–Trinajstić information content (AvgIpc) is 2.90. The number of rotatable bonds is 4. The van der Waals surface area contributed by atoms with E-state index in [1.54, 1.807) is 11.8 Å². The van der Waals surface area contributed by atoms with Gasteiger partial charge in [0, 0.05) is 31.2 Å². The maximum atomic E-state index is 11.9. The molecule has 2 heterocycles. The second-order valence-electron chi connectivity index (χ2n) is 4.29. The topological polar surface area (TPSA) is 61.9 Å². The first-order valence-electron chi connectivity index (χ1n) is 5.93. The lowest BCUT2D eigenvalue weighted by atomic mass is 9.97. The number of likely N-dealkylation sites (tertiary alicyclic amines) is 1. The molecular formula is C11H18N4OS. The molecule has 1 aliphatic rings. The van der Waals surface area contributed by atoms with Crippen molar-refractivity contribution in [2.45, 2.75) is 25.2 Å². The second kappa shape index (κ2) is 6.05. The molecule has 1 aromatic rings. The minimum atomic E-state index is 0.267. The molecule has 94 valence electrons. The fourth-order valence-corrected chi connectivity index (χ4v) is 2.56. The fourth-order valence-electron chi connectivity index (χ4n) is 2.19. The van der Waals surface area contributed by atoms with Gasteiger partial charge in [-0.15, -0.1) is 0 Å². The monoisotopic (exact) mass is 254 g/mol. The van der Waals surface area contributed by atoms with Gasteiger partial charge in [-0.1, -0.05) is 0 Å². The van der Waals surface area contributed by atoms with Crippen LogP contribution < -0.4 is 0 Å². The minimum absolute atomic E-state index is 0.267. The summed E-state index contributed by atoms with van der Waals surface area (Å²) in [5.41, 5.74) is 0. The Labute approximate surface area is 105 Å². The van der Waals surface area contributed by atoms with E-state index in [1.165, 1.54) is 6.33 Å². The first-order chi connectivity index (χ1) is 8.31. The lowest BCUT2D eigenvalue weighted by molar-refractivity contribution is -0.131. The standard InChI is InChI=1S/C11H18N4OS/c1-17-6-4-10(16)15-5-2-3-9(7-15)11-12-8-13-14-11/h8-9H,2-7H2,1H3,(H,12,13,14)/t9-/m1/s1. The van der Waals surface area contributed by atoms with Gasteiger partial charge in [0.25, 0.3) is 0 Å². The Morgan fingerprint density at radius 2 is 2.59 bits per heavy atom. The van der Waals surface area contributed by atoms with E-state index < -0.39 is 0 Å². The molecule has 17 heavy (non-hydrogen) atoms. The predicted octanol–water partition coefficient (Wildman–Crippen LogP) is 1.26. The number of aromatic amines is 1. The highest BCUT2D eigenvalue weighted by molar-refractivity contribution is 7.98. The summed E-state index contributed by atoms with van der Waals surface area (Å²) in [4.78, 5) is 18.1. The number of piperidine rings is 1. The zero-order valence-electron chi connectivity index (χ0n) is 10.1. The molecule has 0 radical (unpaired) electrons. The van der Waals surface area contributed by atoms with Crippen molar-refractivity contribution in [2.24, 2.45) is 0 Å². The normalized spacial score (nSPS) is 20.5. The Bertz CT molecular complexity index is 354. The van der Waals surface area contributed by atoms with Crippen LogP contribution in [0, 0.1) is 0 Å². The van der Waals surface area contributed by atoms with Crippen molar-refractivity contribution in [3.8, 4) is 0 Å². The number of hydrogen-bond acceptors (Lipinski definition) is 4. The number of amides is 1. The van der Waals surface area contributed by atoms with Gasteiger partial charge >= 0.3 is 0 Å². The van der Waals surface area contributed by atoms with E-state index in [0.29, 0.717) is 12.3 Å². The van der Waals surface area contributed by atoms with E-state index >= 15 is 0 Å². The Balaban J connectivity index is 1.90. The van der Waals surface area contributed by atoms with Gasteiger partial charge in [-0.2, -0.15) is 16.9 Å². The summed E-state index contributed by atoms with van der Waals surface area (Å²) in [5.74, 6) is 2.41. The molecule has 0 aliphatic carbocycles. The molecule has 1 atom stereocenters. The van der Waals surface area contributed by atoms with Gasteiger partial charge in [0.1, 0.15) is 12.2 Å². The highest BCUT2D eigenvalue weighted by atomic mass is 32.2. The van der Waals surface area contributed by atoms with E-state index in [9.17, 15) is 4.79 Å². The summed E-state index contributed by atoms with van der Waals surface area (Å²) in [7, 11) is 0. The number of nitrogens with zero attached hydrogens (tertiary/aromatic N) is 3. The molecule has 1 aliphatic heterocycles. The molecule has 0 spiro atoms. The maximum absolute atomic E-state index is 11.9. The molecule has 0 aromatic carbocycles. The molecule has 0 bridgehead atoms. The van der Waals surface area contributed by atoms with Crippen LogP contribution in [-0.2, 0) is 4.79 Å². The third kappa shape index (κ3) is 3.21. The number of carbonyl (C=O) groups excluding carboxylic acids is 1. The number of H-pyrrole nitrogens is 1. The number of thioether (sulfide) groups is 1. The van der Waals surface area contributed by atoms with Gasteiger partial charge in [0.2, 0.25) is 5.91 Å². The van der Waals surface area contributed by atoms with Crippen molar-refractivity contribution in [1.29, 1.82) is 0 Å². The van der Waals surface area contributed by atoms with Crippen LogP contribution in [-0.4, -0.2) is 51.1 Å². The molecule has 1 N–H and O–H groups in total. The number of hydrogen-bond donors (Lipinski definition) is 1. The van der Waals surface area contributed by atoms with Gasteiger partial charge in [0.15, 0.2) is 0 Å². The number of carbonyl (C=O) groups is 1. The maximum Gasteiger partial charge on any atom is 0.223 e. The summed E-state index contributed by atoms with van der Waals surface area (Å²) in [6.45, 7) is 1.67. The molecule has 2 rings (SSSR count). The molecular weight excluding hydrogens is 236 g/mol. The van der Waals surface area contributed by atoms with E-state index in [0.717, 1.165) is 37.5 Å². The highest BCUT2D eigenvalue weighted by Gasteiger charge is 2.25. The lowest BCUT2D eigenvalue weighted by Crippen LogP contribution is -2.39. The minimum Gasteiger partial charge on any atom is -0.342 e. The van der Waals surface area contributed by atoms with Gasteiger partial charge < -0.3 is 4.90 Å². The Hall–Kier alpha value is -1.04. The number of aromatic nitrogens is 3. The molecule has 1 amide bonds. The van der Waals surface area contributed by atoms with Crippen LogP contribution in [0.2, 0.25) is 0 Å². The third-order valence-electron chi connectivity index (χ3n) is 3.11. The molecule has 1 aromatic heterocycles. The van der Waals surface area contributed by atoms with Crippen LogP contribution in [0.25, 0.3) is 0 Å². The predicted molar refractivity (Wildman–Crippen MR) is 67.9 cm³/mol. The van der Waals surface area contributed by atoms with Crippen LogP contribution in [0.3, 0.4) is 0 Å². The van der Waals surface area contributed by atoms with Crippen LogP contribution in [0.4, 0.5) is 0 Å². The summed E-state index contributed by atoms with van der Waals surface area (Å²) >= 11 is 1.72. The second-order valence-corrected chi connectivity index (χ2v) is 5.28. The van der Waals surface area contributed by atoms with Gasteiger partial charge in [-0.25, -0.2) is 4.98 Å². The van der Waals surface area contributed by atoms with Crippen LogP contribution in [0.1, 0.15) is 31.0 Å². The summed E-state index contributed by atoms with van der Waals surface area (Å²) in [6, 6.07) is 0. The summed E-state index contributed by atoms with van der Waals surface area (Å²) < 4.78 is 0. The largest absolute Gasteiger partial charge is 0.342 e. The van der Waals surface area contributed by atoms with Crippen molar-refractivity contribution in [3.63, 3.8) is 0 Å². The molecule has 5 nitrogen and oxygen atoms in total. The lowest BCUT2D eigenvalue weighted by Gasteiger charge is -2.31. The molecule has 6 heteroatoms. The first kappa shape index (κ1) is 12.4. The van der Waals surface area contributed by atoms with Gasteiger partial charge in [-0.05, 0) is 19.1 Å². The van der Waals surface area contributed by atoms with Gasteiger partial charge in [-0.3, -0.25) is 9.89 Å².